The molecule has 0 atom stereocenters. The molecule has 0 radical (unpaired) electrons. The molecule has 9 aromatic rings. The number of nitrogens with zero attached hydrogens (tertiary/aromatic N) is 1. The summed E-state index contributed by atoms with van der Waals surface area (Å²) in [4.78, 5) is 2.39. The zero-order valence-electron chi connectivity index (χ0n) is 25.5. The fourth-order valence-electron chi connectivity index (χ4n) is 7.82. The van der Waals surface area contributed by atoms with Crippen LogP contribution in [0.15, 0.2) is 144 Å². The molecule has 2 nitrogen and oxygen atoms in total. The summed E-state index contributed by atoms with van der Waals surface area (Å²) in [6.45, 7) is 4.67. The topological polar surface area (TPSA) is 16.4 Å². The molecule has 0 aliphatic heterocycles. The highest BCUT2D eigenvalue weighted by molar-refractivity contribution is 7.26. The number of fused-ring (bicyclic) bond motifs is 12. The predicted octanol–water partition coefficient (Wildman–Crippen LogP) is 12.9. The molecule has 46 heavy (non-hydrogen) atoms. The Morgan fingerprint density at radius 2 is 1.20 bits per heavy atom. The van der Waals surface area contributed by atoms with E-state index >= 15 is 0 Å². The van der Waals surface area contributed by atoms with Crippen LogP contribution in [0.25, 0.3) is 64.0 Å². The third-order valence-corrected chi connectivity index (χ3v) is 11.2. The molecule has 0 unspecified atom stereocenters. The fraction of sp³-hybridized carbons (Fsp3) is 0.0698. The highest BCUT2D eigenvalue weighted by atomic mass is 32.1. The van der Waals surface area contributed by atoms with Crippen LogP contribution in [0.5, 0.6) is 0 Å². The minimum Gasteiger partial charge on any atom is -0.455 e. The average Bonchev–Trinajstić information content (AvgIpc) is 3.73. The van der Waals surface area contributed by atoms with Gasteiger partial charge in [-0.1, -0.05) is 98.8 Å². The molecular weight excluding hydrogens is 579 g/mol. The first-order valence-electron chi connectivity index (χ1n) is 15.9. The quantitative estimate of drug-likeness (QED) is 0.199. The maximum absolute atomic E-state index is 6.75. The van der Waals surface area contributed by atoms with Crippen molar-refractivity contribution >= 4 is 81.3 Å². The molecule has 0 amide bonds. The van der Waals surface area contributed by atoms with Crippen molar-refractivity contribution in [1.29, 1.82) is 0 Å². The molecule has 0 spiro atoms. The minimum atomic E-state index is -0.0215. The van der Waals surface area contributed by atoms with E-state index in [2.05, 4.69) is 158 Å². The lowest BCUT2D eigenvalue weighted by Crippen LogP contribution is -2.15. The number of benzene rings is 7. The molecule has 2 aromatic heterocycles. The van der Waals surface area contributed by atoms with Crippen LogP contribution >= 0.6 is 11.3 Å². The van der Waals surface area contributed by atoms with E-state index in [-0.39, 0.29) is 5.41 Å². The Kier molecular flexibility index (Phi) is 5.25. The van der Waals surface area contributed by atoms with Crippen molar-refractivity contribution in [2.24, 2.45) is 0 Å². The molecule has 2 heterocycles. The zero-order valence-corrected chi connectivity index (χ0v) is 26.4. The molecule has 1 aliphatic rings. The summed E-state index contributed by atoms with van der Waals surface area (Å²) in [5.74, 6) is 0. The van der Waals surface area contributed by atoms with Gasteiger partial charge in [0.25, 0.3) is 0 Å². The van der Waals surface area contributed by atoms with Crippen LogP contribution in [-0.4, -0.2) is 0 Å². The normalized spacial score (nSPS) is 13.6. The molecule has 218 valence electrons. The molecule has 1 aliphatic carbocycles. The van der Waals surface area contributed by atoms with E-state index in [0.29, 0.717) is 0 Å². The monoisotopic (exact) mass is 607 g/mol. The summed E-state index contributed by atoms with van der Waals surface area (Å²) in [7, 11) is 0. The van der Waals surface area contributed by atoms with Gasteiger partial charge in [0.2, 0.25) is 0 Å². The van der Waals surface area contributed by atoms with Gasteiger partial charge in [-0.3, -0.25) is 0 Å². The van der Waals surface area contributed by atoms with Crippen molar-refractivity contribution in [2.45, 2.75) is 19.3 Å². The molecule has 0 fully saturated rings. The number of thiophene rings is 1. The second-order valence-electron chi connectivity index (χ2n) is 12.9. The highest BCUT2D eigenvalue weighted by Crippen LogP contribution is 2.51. The number of hydrogen-bond acceptors (Lipinski definition) is 3. The number of hydrogen-bond donors (Lipinski definition) is 0. The number of anilines is 3. The van der Waals surface area contributed by atoms with Crippen molar-refractivity contribution in [3.63, 3.8) is 0 Å². The standard InChI is InChI=1S/C43H29NOS/c1-43(2)36-15-9-8-14-31(36)35-24-28(18-22-37(35)43)44(27-11-4-3-5-12-27)29-17-20-34-39(25-29)46-38-23-21-33-32-19-16-26-10-6-7-13-30(26)41(32)45-42(33)40(34)38/h3-25H,1-2H3. The van der Waals surface area contributed by atoms with Gasteiger partial charge >= 0.3 is 0 Å². The lowest BCUT2D eigenvalue weighted by atomic mass is 9.82. The van der Waals surface area contributed by atoms with Crippen LogP contribution < -0.4 is 4.90 Å². The molecule has 10 rings (SSSR count). The maximum atomic E-state index is 6.75. The summed E-state index contributed by atoms with van der Waals surface area (Å²) in [5.41, 5.74) is 10.8. The molecule has 0 N–H and O–H groups in total. The second-order valence-corrected chi connectivity index (χ2v) is 14.0. The van der Waals surface area contributed by atoms with E-state index in [1.54, 1.807) is 0 Å². The van der Waals surface area contributed by atoms with Crippen LogP contribution in [0.1, 0.15) is 25.0 Å². The van der Waals surface area contributed by atoms with Crippen molar-refractivity contribution in [3.8, 4) is 11.1 Å². The summed E-state index contributed by atoms with van der Waals surface area (Å²) >= 11 is 1.84. The first-order chi connectivity index (χ1) is 22.6. The predicted molar refractivity (Wildman–Crippen MR) is 196 cm³/mol. The lowest BCUT2D eigenvalue weighted by molar-refractivity contribution is 0.660. The van der Waals surface area contributed by atoms with Gasteiger partial charge < -0.3 is 9.32 Å². The Hall–Kier alpha value is -5.38. The third-order valence-electron chi connectivity index (χ3n) is 10.0. The van der Waals surface area contributed by atoms with E-state index < -0.39 is 0 Å². The van der Waals surface area contributed by atoms with Crippen molar-refractivity contribution < 1.29 is 4.42 Å². The van der Waals surface area contributed by atoms with Crippen LogP contribution in [0.3, 0.4) is 0 Å². The van der Waals surface area contributed by atoms with Gasteiger partial charge in [0.05, 0.1) is 0 Å². The minimum absolute atomic E-state index is 0.0215. The Labute approximate surface area is 270 Å². The Bertz CT molecular complexity index is 2680. The molecule has 7 aromatic carbocycles. The maximum Gasteiger partial charge on any atom is 0.144 e. The first kappa shape index (κ1) is 25.9. The van der Waals surface area contributed by atoms with Crippen molar-refractivity contribution in [2.75, 3.05) is 4.90 Å². The SMILES string of the molecule is CC1(C)c2ccccc2-c2cc(N(c3ccccc3)c3ccc4c(c3)sc3ccc5c6ccc7ccccc7c6oc5c34)ccc21. The lowest BCUT2D eigenvalue weighted by Gasteiger charge is -2.27. The van der Waals surface area contributed by atoms with E-state index in [4.69, 9.17) is 4.42 Å². The fourth-order valence-corrected chi connectivity index (χ4v) is 8.96. The van der Waals surface area contributed by atoms with Crippen LogP contribution in [-0.2, 0) is 5.41 Å². The van der Waals surface area contributed by atoms with E-state index in [0.717, 1.165) is 33.6 Å². The van der Waals surface area contributed by atoms with Crippen LogP contribution in [0, 0.1) is 0 Å². The van der Waals surface area contributed by atoms with Gasteiger partial charge in [0.1, 0.15) is 11.2 Å². The van der Waals surface area contributed by atoms with Gasteiger partial charge in [-0.15, -0.1) is 11.3 Å². The first-order valence-corrected chi connectivity index (χ1v) is 16.7. The van der Waals surface area contributed by atoms with Crippen molar-refractivity contribution in [3.05, 3.63) is 151 Å². The summed E-state index contributed by atoms with van der Waals surface area (Å²) in [6.07, 6.45) is 0. The molecule has 3 heteroatoms. The van der Waals surface area contributed by atoms with Gasteiger partial charge in [0.15, 0.2) is 0 Å². The molecule has 0 saturated carbocycles. The molecule has 0 bridgehead atoms. The Balaban J connectivity index is 1.18. The van der Waals surface area contributed by atoms with Gasteiger partial charge in [-0.2, -0.15) is 0 Å². The second kappa shape index (κ2) is 9.32. The van der Waals surface area contributed by atoms with Gasteiger partial charge in [0, 0.05) is 58.8 Å². The number of para-hydroxylation sites is 1. The average molecular weight is 608 g/mol. The van der Waals surface area contributed by atoms with Crippen molar-refractivity contribution in [1.82, 2.24) is 0 Å². The van der Waals surface area contributed by atoms with E-state index in [1.807, 2.05) is 11.3 Å². The van der Waals surface area contributed by atoms with Crippen LogP contribution in [0.4, 0.5) is 17.1 Å². The summed E-state index contributed by atoms with van der Waals surface area (Å²) in [6, 6.07) is 50.9. The zero-order chi connectivity index (χ0) is 30.6. The summed E-state index contributed by atoms with van der Waals surface area (Å²) < 4.78 is 9.24. The van der Waals surface area contributed by atoms with E-state index in [9.17, 15) is 0 Å². The number of furan rings is 1. The molecule has 0 saturated heterocycles. The number of rotatable bonds is 3. The summed E-state index contributed by atoms with van der Waals surface area (Å²) in [5, 5.41) is 7.13. The molecular formula is C43H29NOS. The van der Waals surface area contributed by atoms with Gasteiger partial charge in [-0.05, 0) is 82.2 Å². The Morgan fingerprint density at radius 3 is 2.11 bits per heavy atom. The van der Waals surface area contributed by atoms with Crippen LogP contribution in [0.2, 0.25) is 0 Å². The Morgan fingerprint density at radius 1 is 0.500 bits per heavy atom. The largest absolute Gasteiger partial charge is 0.455 e. The smallest absolute Gasteiger partial charge is 0.144 e. The highest BCUT2D eigenvalue weighted by Gasteiger charge is 2.35. The third kappa shape index (κ3) is 3.52. The van der Waals surface area contributed by atoms with E-state index in [1.165, 1.54) is 58.6 Å². The van der Waals surface area contributed by atoms with Gasteiger partial charge in [-0.25, -0.2) is 0 Å².